The van der Waals surface area contributed by atoms with Gasteiger partial charge in [-0.3, -0.25) is 4.79 Å². The minimum Gasteiger partial charge on any atom is -0.401 e. The molecular formula is C16H12FNO3. The van der Waals surface area contributed by atoms with Crippen LogP contribution in [0.3, 0.4) is 0 Å². The van der Waals surface area contributed by atoms with Gasteiger partial charge in [0.25, 0.3) is 0 Å². The molecule has 0 unspecified atom stereocenters. The summed E-state index contributed by atoms with van der Waals surface area (Å²) >= 11 is 0. The summed E-state index contributed by atoms with van der Waals surface area (Å²) < 4.78 is 19.4. The van der Waals surface area contributed by atoms with Crippen molar-refractivity contribution in [1.29, 1.82) is 0 Å². The zero-order valence-corrected chi connectivity index (χ0v) is 11.0. The molecule has 0 aliphatic carbocycles. The number of imide groups is 1. The van der Waals surface area contributed by atoms with Crippen LogP contribution in [0.15, 0.2) is 60.7 Å². The van der Waals surface area contributed by atoms with Gasteiger partial charge in [-0.25, -0.2) is 9.69 Å². The molecule has 0 aromatic heterocycles. The van der Waals surface area contributed by atoms with E-state index in [2.05, 4.69) is 0 Å². The number of carbonyl (C=O) groups excluding carboxylic acids is 2. The first kappa shape index (κ1) is 13.3. The van der Waals surface area contributed by atoms with Crippen LogP contribution in [-0.4, -0.2) is 17.9 Å². The fourth-order valence-corrected chi connectivity index (χ4v) is 2.25. The van der Waals surface area contributed by atoms with E-state index in [4.69, 9.17) is 4.74 Å². The largest absolute Gasteiger partial charge is 0.424 e. The van der Waals surface area contributed by atoms with Crippen molar-refractivity contribution in [3.05, 3.63) is 66.2 Å². The van der Waals surface area contributed by atoms with E-state index in [1.807, 2.05) is 0 Å². The van der Waals surface area contributed by atoms with Crippen LogP contribution in [0.1, 0.15) is 5.56 Å². The second-order valence-electron chi connectivity index (χ2n) is 4.73. The molecule has 0 N–H and O–H groups in total. The molecule has 1 aliphatic heterocycles. The molecule has 0 bridgehead atoms. The van der Waals surface area contributed by atoms with Gasteiger partial charge in [0.15, 0.2) is 0 Å². The van der Waals surface area contributed by atoms with Gasteiger partial charge in [0.05, 0.1) is 12.1 Å². The minimum absolute atomic E-state index is 0.292. The number of carbonyl (C=O) groups is 2. The molecule has 1 atom stereocenters. The van der Waals surface area contributed by atoms with Gasteiger partial charge in [-0.2, -0.15) is 4.39 Å². The summed E-state index contributed by atoms with van der Waals surface area (Å²) in [7, 11) is 0. The Morgan fingerprint density at radius 2 is 1.52 bits per heavy atom. The van der Waals surface area contributed by atoms with E-state index in [0.29, 0.717) is 11.3 Å². The molecule has 2 aromatic carbocycles. The van der Waals surface area contributed by atoms with Gasteiger partial charge < -0.3 is 4.74 Å². The maximum Gasteiger partial charge on any atom is 0.424 e. The zero-order valence-electron chi connectivity index (χ0n) is 11.0. The molecule has 21 heavy (non-hydrogen) atoms. The number of amides is 2. The summed E-state index contributed by atoms with van der Waals surface area (Å²) in [5.41, 5.74) is 0.871. The van der Waals surface area contributed by atoms with Crippen molar-refractivity contribution in [2.45, 2.75) is 12.3 Å². The van der Waals surface area contributed by atoms with E-state index in [1.54, 1.807) is 60.7 Å². The second-order valence-corrected chi connectivity index (χ2v) is 4.73. The van der Waals surface area contributed by atoms with Gasteiger partial charge in [-0.05, 0) is 17.7 Å². The first-order chi connectivity index (χ1) is 10.1. The summed E-state index contributed by atoms with van der Waals surface area (Å²) in [6.45, 7) is 0. The first-order valence-corrected chi connectivity index (χ1v) is 6.45. The minimum atomic E-state index is -2.66. The van der Waals surface area contributed by atoms with Gasteiger partial charge in [-0.1, -0.05) is 48.5 Å². The quantitative estimate of drug-likeness (QED) is 0.870. The number of alkyl halides is 1. The van der Waals surface area contributed by atoms with Gasteiger partial charge in [0.1, 0.15) is 0 Å². The summed E-state index contributed by atoms with van der Waals surface area (Å²) in [6, 6.07) is 16.7. The number of ether oxygens (including phenoxy) is 1. The smallest absolute Gasteiger partial charge is 0.401 e. The van der Waals surface area contributed by atoms with Crippen LogP contribution in [0, 0.1) is 0 Å². The third-order valence-electron chi connectivity index (χ3n) is 3.24. The van der Waals surface area contributed by atoms with Gasteiger partial charge in [0.2, 0.25) is 0 Å². The van der Waals surface area contributed by atoms with Crippen LogP contribution < -0.4 is 4.90 Å². The van der Waals surface area contributed by atoms with Gasteiger partial charge in [-0.15, -0.1) is 0 Å². The topological polar surface area (TPSA) is 46.6 Å². The Bertz CT molecular complexity index is 674. The number of halogens is 1. The molecule has 106 valence electrons. The predicted octanol–water partition coefficient (Wildman–Crippen LogP) is 3.08. The highest BCUT2D eigenvalue weighted by Crippen LogP contribution is 2.33. The molecular weight excluding hydrogens is 273 g/mol. The van der Waals surface area contributed by atoms with Gasteiger partial charge in [0, 0.05) is 0 Å². The first-order valence-electron chi connectivity index (χ1n) is 6.45. The average molecular weight is 285 g/mol. The number of cyclic esters (lactones) is 1. The lowest BCUT2D eigenvalue weighted by Crippen LogP contribution is -2.39. The average Bonchev–Trinajstić information content (AvgIpc) is 2.70. The highest BCUT2D eigenvalue weighted by molar-refractivity contribution is 6.19. The van der Waals surface area contributed by atoms with Crippen LogP contribution in [0.4, 0.5) is 14.9 Å². The lowest BCUT2D eigenvalue weighted by atomic mass is 10.1. The molecule has 2 aromatic rings. The van der Waals surface area contributed by atoms with Gasteiger partial charge >= 0.3 is 17.9 Å². The Hall–Kier alpha value is -2.69. The Balaban J connectivity index is 1.89. The number of nitrogens with zero attached hydrogens (tertiary/aromatic N) is 1. The standard InChI is InChI=1S/C16H12FNO3/c17-16(11-12-7-3-1-4-8-12)14(19)18(15(20)21-16)13-9-5-2-6-10-13/h1-10H,11H2/t16-/m0/s1. The number of benzene rings is 2. The molecule has 1 heterocycles. The van der Waals surface area contributed by atoms with Crippen LogP contribution in [0.25, 0.3) is 0 Å². The fraction of sp³-hybridized carbons (Fsp3) is 0.125. The number of hydrogen-bond donors (Lipinski definition) is 0. The highest BCUT2D eigenvalue weighted by atomic mass is 19.2. The molecule has 1 saturated heterocycles. The van der Waals surface area contributed by atoms with E-state index in [9.17, 15) is 14.0 Å². The van der Waals surface area contributed by atoms with Crippen molar-refractivity contribution < 1.29 is 18.7 Å². The summed E-state index contributed by atoms with van der Waals surface area (Å²) in [5.74, 6) is -3.66. The van der Waals surface area contributed by atoms with Crippen molar-refractivity contribution in [2.75, 3.05) is 4.90 Å². The molecule has 2 amide bonds. The molecule has 5 heteroatoms. The highest BCUT2D eigenvalue weighted by Gasteiger charge is 2.55. The molecule has 1 fully saturated rings. The Labute approximate surface area is 120 Å². The summed E-state index contributed by atoms with van der Waals surface area (Å²) in [5, 5.41) is 0. The van der Waals surface area contributed by atoms with E-state index in [-0.39, 0.29) is 6.42 Å². The number of hydrogen-bond acceptors (Lipinski definition) is 3. The number of rotatable bonds is 3. The van der Waals surface area contributed by atoms with Crippen LogP contribution >= 0.6 is 0 Å². The van der Waals surface area contributed by atoms with Crippen LogP contribution in [0.2, 0.25) is 0 Å². The third-order valence-corrected chi connectivity index (χ3v) is 3.24. The van der Waals surface area contributed by atoms with Crippen LogP contribution in [-0.2, 0) is 16.0 Å². The zero-order chi connectivity index (χ0) is 14.9. The van der Waals surface area contributed by atoms with E-state index in [0.717, 1.165) is 4.90 Å². The van der Waals surface area contributed by atoms with Crippen molar-refractivity contribution in [3.63, 3.8) is 0 Å². The normalized spacial score (nSPS) is 21.5. The molecule has 1 aliphatic rings. The van der Waals surface area contributed by atoms with E-state index in [1.165, 1.54) is 0 Å². The van der Waals surface area contributed by atoms with Crippen molar-refractivity contribution in [2.24, 2.45) is 0 Å². The third kappa shape index (κ3) is 2.38. The van der Waals surface area contributed by atoms with E-state index >= 15 is 0 Å². The predicted molar refractivity (Wildman–Crippen MR) is 74.4 cm³/mol. The SMILES string of the molecule is O=C1O[C@@](F)(Cc2ccccc2)C(=O)N1c1ccccc1. The fourth-order valence-electron chi connectivity index (χ4n) is 2.25. The van der Waals surface area contributed by atoms with Crippen molar-refractivity contribution >= 4 is 17.7 Å². The summed E-state index contributed by atoms with van der Waals surface area (Å²) in [4.78, 5) is 24.8. The number of anilines is 1. The van der Waals surface area contributed by atoms with Crippen LogP contribution in [0.5, 0.6) is 0 Å². The number of para-hydroxylation sites is 1. The molecule has 4 nitrogen and oxygen atoms in total. The Morgan fingerprint density at radius 1 is 0.952 bits per heavy atom. The monoisotopic (exact) mass is 285 g/mol. The lowest BCUT2D eigenvalue weighted by Gasteiger charge is -2.15. The van der Waals surface area contributed by atoms with E-state index < -0.39 is 17.9 Å². The van der Waals surface area contributed by atoms with Crippen molar-refractivity contribution in [1.82, 2.24) is 0 Å². The van der Waals surface area contributed by atoms with Crippen molar-refractivity contribution in [3.8, 4) is 0 Å². The molecule has 0 saturated carbocycles. The maximum absolute atomic E-state index is 14.7. The Morgan fingerprint density at radius 3 is 2.14 bits per heavy atom. The molecule has 0 spiro atoms. The molecule has 3 rings (SSSR count). The summed E-state index contributed by atoms with van der Waals surface area (Å²) in [6.07, 6.45) is -1.30. The maximum atomic E-state index is 14.7. The molecule has 0 radical (unpaired) electrons. The second kappa shape index (κ2) is 5.01. The Kier molecular flexibility index (Phi) is 3.17. The lowest BCUT2D eigenvalue weighted by molar-refractivity contribution is -0.146.